The fraction of sp³-hybridized carbons (Fsp3) is 1.00. The molecular formula is C5H15NOSi. The molecule has 0 aliphatic rings. The van der Waals surface area contributed by atoms with Crippen LogP contribution in [0.4, 0.5) is 0 Å². The van der Waals surface area contributed by atoms with Gasteiger partial charge in [-0.3, -0.25) is 0 Å². The summed E-state index contributed by atoms with van der Waals surface area (Å²) < 4.78 is 5.34. The zero-order valence-corrected chi connectivity index (χ0v) is 7.10. The van der Waals surface area contributed by atoms with Crippen LogP contribution in [0, 0.1) is 0 Å². The Morgan fingerprint density at radius 2 is 2.25 bits per heavy atom. The highest BCUT2D eigenvalue weighted by atomic mass is 28.2. The average molecular weight is 133 g/mol. The average Bonchev–Trinajstić information content (AvgIpc) is 1.66. The Hall–Kier alpha value is 0.137. The van der Waals surface area contributed by atoms with E-state index in [0.29, 0.717) is 6.10 Å². The van der Waals surface area contributed by atoms with Crippen molar-refractivity contribution in [2.75, 3.05) is 6.54 Å². The lowest BCUT2D eigenvalue weighted by molar-refractivity contribution is 0.255. The maximum atomic E-state index is 5.34. The quantitative estimate of drug-likeness (QED) is 0.428. The van der Waals surface area contributed by atoms with Gasteiger partial charge in [-0.15, -0.1) is 0 Å². The van der Waals surface area contributed by atoms with Gasteiger partial charge in [0.2, 0.25) is 0 Å². The lowest BCUT2D eigenvalue weighted by atomic mass is 10.5. The Balaban J connectivity index is 2.72. The SMILES string of the molecule is CC(C)O[SiH2]CCN. The van der Waals surface area contributed by atoms with Crippen LogP contribution in [0.3, 0.4) is 0 Å². The molecule has 0 aromatic rings. The molecule has 0 atom stereocenters. The Bertz CT molecular complexity index is 49.7. The molecule has 2 nitrogen and oxygen atoms in total. The van der Waals surface area contributed by atoms with Gasteiger partial charge in [-0.05, 0) is 26.4 Å². The molecule has 0 heterocycles. The van der Waals surface area contributed by atoms with Gasteiger partial charge in [-0.25, -0.2) is 0 Å². The molecule has 0 bridgehead atoms. The van der Waals surface area contributed by atoms with E-state index >= 15 is 0 Å². The monoisotopic (exact) mass is 133 g/mol. The maximum absolute atomic E-state index is 5.34. The van der Waals surface area contributed by atoms with Gasteiger partial charge in [-0.2, -0.15) is 0 Å². The van der Waals surface area contributed by atoms with Gasteiger partial charge in [-0.1, -0.05) is 0 Å². The Kier molecular flexibility index (Phi) is 5.37. The van der Waals surface area contributed by atoms with Gasteiger partial charge in [0.05, 0.1) is 0 Å². The molecule has 0 saturated heterocycles. The molecule has 2 N–H and O–H groups in total. The van der Waals surface area contributed by atoms with Crippen molar-refractivity contribution in [2.24, 2.45) is 5.73 Å². The maximum Gasteiger partial charge on any atom is 0.163 e. The first-order valence-corrected chi connectivity index (χ1v) is 4.66. The van der Waals surface area contributed by atoms with Crippen molar-refractivity contribution >= 4 is 9.76 Å². The summed E-state index contributed by atoms with van der Waals surface area (Å²) >= 11 is 0. The van der Waals surface area contributed by atoms with Gasteiger partial charge in [0.25, 0.3) is 0 Å². The predicted molar refractivity (Wildman–Crippen MR) is 38.6 cm³/mol. The van der Waals surface area contributed by atoms with Crippen molar-refractivity contribution in [1.82, 2.24) is 0 Å². The molecule has 0 amide bonds. The molecule has 0 saturated carbocycles. The zero-order chi connectivity index (χ0) is 6.41. The van der Waals surface area contributed by atoms with Crippen molar-refractivity contribution in [3.63, 3.8) is 0 Å². The first-order chi connectivity index (χ1) is 3.77. The molecule has 0 aliphatic heterocycles. The summed E-state index contributed by atoms with van der Waals surface area (Å²) in [5.41, 5.74) is 5.27. The van der Waals surface area contributed by atoms with E-state index in [4.69, 9.17) is 10.2 Å². The highest BCUT2D eigenvalue weighted by Gasteiger charge is 1.90. The van der Waals surface area contributed by atoms with Crippen LogP contribution in [0.5, 0.6) is 0 Å². The van der Waals surface area contributed by atoms with Crippen molar-refractivity contribution in [3.8, 4) is 0 Å². The van der Waals surface area contributed by atoms with Crippen LogP contribution in [0.15, 0.2) is 0 Å². The lowest BCUT2D eigenvalue weighted by Gasteiger charge is -2.04. The Morgan fingerprint density at radius 3 is 2.62 bits per heavy atom. The van der Waals surface area contributed by atoms with E-state index in [2.05, 4.69) is 13.8 Å². The highest BCUT2D eigenvalue weighted by Crippen LogP contribution is 1.85. The predicted octanol–water partition coefficient (Wildman–Crippen LogP) is -0.128. The summed E-state index contributed by atoms with van der Waals surface area (Å²) in [6, 6.07) is 1.11. The second-order valence-electron chi connectivity index (χ2n) is 2.06. The number of nitrogens with two attached hydrogens (primary N) is 1. The standard InChI is InChI=1S/C5H15NOSi/c1-5(2)7-8-4-3-6/h5H,3-4,6,8H2,1-2H3. The molecule has 0 aromatic carbocycles. The van der Waals surface area contributed by atoms with E-state index in [0.717, 1.165) is 12.6 Å². The van der Waals surface area contributed by atoms with Gasteiger partial charge in [0.15, 0.2) is 9.76 Å². The fourth-order valence-corrected chi connectivity index (χ4v) is 1.21. The van der Waals surface area contributed by atoms with Crippen molar-refractivity contribution < 1.29 is 4.43 Å². The molecule has 3 heteroatoms. The van der Waals surface area contributed by atoms with Crippen LogP contribution in [0.25, 0.3) is 0 Å². The van der Waals surface area contributed by atoms with E-state index in [1.165, 1.54) is 0 Å². The van der Waals surface area contributed by atoms with E-state index in [1.54, 1.807) is 0 Å². The van der Waals surface area contributed by atoms with E-state index in [9.17, 15) is 0 Å². The number of hydrogen-bond acceptors (Lipinski definition) is 2. The second kappa shape index (κ2) is 5.28. The van der Waals surface area contributed by atoms with Crippen LogP contribution >= 0.6 is 0 Å². The second-order valence-corrected chi connectivity index (χ2v) is 3.51. The smallest absolute Gasteiger partial charge is 0.163 e. The third-order valence-corrected chi connectivity index (χ3v) is 2.40. The third-order valence-electron chi connectivity index (χ3n) is 0.800. The van der Waals surface area contributed by atoms with Gasteiger partial charge in [0.1, 0.15) is 0 Å². The van der Waals surface area contributed by atoms with Crippen LogP contribution in [0.1, 0.15) is 13.8 Å². The Morgan fingerprint density at radius 1 is 1.62 bits per heavy atom. The minimum absolute atomic E-state index is 0.261. The summed E-state index contributed by atoms with van der Waals surface area (Å²) in [5.74, 6) is 0. The highest BCUT2D eigenvalue weighted by molar-refractivity contribution is 6.27. The number of rotatable bonds is 4. The first-order valence-electron chi connectivity index (χ1n) is 3.09. The third kappa shape index (κ3) is 6.14. The largest absolute Gasteiger partial charge is 0.422 e. The molecular weight excluding hydrogens is 118 g/mol. The van der Waals surface area contributed by atoms with Crippen LogP contribution in [-0.2, 0) is 4.43 Å². The topological polar surface area (TPSA) is 35.2 Å². The molecule has 8 heavy (non-hydrogen) atoms. The summed E-state index contributed by atoms with van der Waals surface area (Å²) in [7, 11) is -0.261. The van der Waals surface area contributed by atoms with Crippen molar-refractivity contribution in [2.45, 2.75) is 26.0 Å². The number of hydrogen-bond donors (Lipinski definition) is 1. The van der Waals surface area contributed by atoms with Crippen LogP contribution in [-0.4, -0.2) is 22.4 Å². The van der Waals surface area contributed by atoms with E-state index < -0.39 is 0 Å². The molecule has 0 unspecified atom stereocenters. The van der Waals surface area contributed by atoms with E-state index in [-0.39, 0.29) is 9.76 Å². The fourth-order valence-electron chi connectivity index (χ4n) is 0.402. The van der Waals surface area contributed by atoms with E-state index in [1.807, 2.05) is 0 Å². The van der Waals surface area contributed by atoms with Crippen LogP contribution in [0.2, 0.25) is 6.04 Å². The van der Waals surface area contributed by atoms with Gasteiger partial charge in [0, 0.05) is 6.10 Å². The van der Waals surface area contributed by atoms with Gasteiger partial charge < -0.3 is 10.2 Å². The summed E-state index contributed by atoms with van der Waals surface area (Å²) in [6.45, 7) is 4.91. The van der Waals surface area contributed by atoms with Gasteiger partial charge >= 0.3 is 0 Å². The lowest BCUT2D eigenvalue weighted by Crippen LogP contribution is -2.10. The zero-order valence-electron chi connectivity index (χ0n) is 5.68. The minimum atomic E-state index is -0.261. The minimum Gasteiger partial charge on any atom is -0.422 e. The summed E-state index contributed by atoms with van der Waals surface area (Å²) in [6.07, 6.45) is 0.410. The molecule has 0 rings (SSSR count). The Labute approximate surface area is 53.4 Å². The normalized spacial score (nSPS) is 12.0. The van der Waals surface area contributed by atoms with Crippen molar-refractivity contribution in [1.29, 1.82) is 0 Å². The summed E-state index contributed by atoms with van der Waals surface area (Å²) in [4.78, 5) is 0. The molecule has 0 aromatic heterocycles. The molecule has 0 fully saturated rings. The molecule has 0 spiro atoms. The van der Waals surface area contributed by atoms with Crippen molar-refractivity contribution in [3.05, 3.63) is 0 Å². The molecule has 50 valence electrons. The molecule has 0 aliphatic carbocycles. The molecule has 0 radical (unpaired) electrons. The van der Waals surface area contributed by atoms with Crippen LogP contribution < -0.4 is 5.73 Å². The summed E-state index contributed by atoms with van der Waals surface area (Å²) in [5, 5.41) is 0. The first kappa shape index (κ1) is 8.14.